The number of amides is 1. The van der Waals surface area contributed by atoms with Gasteiger partial charge < -0.3 is 10.0 Å². The van der Waals surface area contributed by atoms with Crippen LogP contribution in [0.2, 0.25) is 0 Å². The summed E-state index contributed by atoms with van der Waals surface area (Å²) in [5.41, 5.74) is 0. The van der Waals surface area contributed by atoms with E-state index in [0.717, 1.165) is 11.8 Å². The van der Waals surface area contributed by atoms with Gasteiger partial charge in [-0.3, -0.25) is 9.59 Å². The summed E-state index contributed by atoms with van der Waals surface area (Å²) in [5, 5.41) is 8.33. The Balaban J connectivity index is 3.66. The van der Waals surface area contributed by atoms with Crippen molar-refractivity contribution in [2.24, 2.45) is 0 Å². The zero-order chi connectivity index (χ0) is 10.3. The molecule has 1 amide bonds. The van der Waals surface area contributed by atoms with Crippen molar-refractivity contribution in [3.8, 4) is 0 Å². The standard InChI is InChI=1S/C8H15NO3S/c1-3-9(4-2)7(10)5-13-6-8(11)12/h3-6H2,1-2H3,(H,11,12). The molecule has 4 nitrogen and oxygen atoms in total. The number of carboxylic acid groups (broad SMARTS) is 1. The van der Waals surface area contributed by atoms with Crippen LogP contribution < -0.4 is 0 Å². The van der Waals surface area contributed by atoms with E-state index in [9.17, 15) is 9.59 Å². The number of carbonyl (C=O) groups excluding carboxylic acids is 1. The predicted molar refractivity (Wildman–Crippen MR) is 52.9 cm³/mol. The average molecular weight is 205 g/mol. The topological polar surface area (TPSA) is 57.6 Å². The molecule has 0 aliphatic heterocycles. The monoisotopic (exact) mass is 205 g/mol. The lowest BCUT2D eigenvalue weighted by Gasteiger charge is -2.17. The molecule has 0 spiro atoms. The molecule has 0 saturated carbocycles. The van der Waals surface area contributed by atoms with Crippen molar-refractivity contribution in [1.29, 1.82) is 0 Å². The second-order valence-corrected chi connectivity index (χ2v) is 3.44. The van der Waals surface area contributed by atoms with Gasteiger partial charge in [0.1, 0.15) is 0 Å². The molecule has 0 unspecified atom stereocenters. The van der Waals surface area contributed by atoms with Gasteiger partial charge in [-0.1, -0.05) is 0 Å². The van der Waals surface area contributed by atoms with E-state index in [2.05, 4.69) is 0 Å². The molecule has 0 aromatic heterocycles. The van der Waals surface area contributed by atoms with Crippen molar-refractivity contribution < 1.29 is 14.7 Å². The number of hydrogen-bond acceptors (Lipinski definition) is 3. The molecule has 0 aromatic carbocycles. The van der Waals surface area contributed by atoms with E-state index in [1.165, 1.54) is 0 Å². The van der Waals surface area contributed by atoms with Gasteiger partial charge in [-0.15, -0.1) is 11.8 Å². The molecule has 0 heterocycles. The van der Waals surface area contributed by atoms with E-state index in [4.69, 9.17) is 5.11 Å². The SMILES string of the molecule is CCN(CC)C(=O)CSCC(=O)O. The maximum absolute atomic E-state index is 11.3. The highest BCUT2D eigenvalue weighted by Gasteiger charge is 2.09. The van der Waals surface area contributed by atoms with E-state index in [-0.39, 0.29) is 17.4 Å². The first-order valence-electron chi connectivity index (χ1n) is 4.19. The molecule has 0 radical (unpaired) electrons. The highest BCUT2D eigenvalue weighted by atomic mass is 32.2. The highest BCUT2D eigenvalue weighted by Crippen LogP contribution is 2.02. The third-order valence-electron chi connectivity index (χ3n) is 1.57. The maximum Gasteiger partial charge on any atom is 0.313 e. The van der Waals surface area contributed by atoms with Gasteiger partial charge in [-0.25, -0.2) is 0 Å². The first-order chi connectivity index (χ1) is 6.11. The quantitative estimate of drug-likeness (QED) is 0.692. The van der Waals surface area contributed by atoms with Crippen molar-refractivity contribution in [1.82, 2.24) is 4.90 Å². The fourth-order valence-corrected chi connectivity index (χ4v) is 1.53. The van der Waals surface area contributed by atoms with Gasteiger partial charge in [0, 0.05) is 13.1 Å². The molecule has 0 fully saturated rings. The second-order valence-electron chi connectivity index (χ2n) is 2.45. The number of thioether (sulfide) groups is 1. The van der Waals surface area contributed by atoms with Crippen molar-refractivity contribution in [2.45, 2.75) is 13.8 Å². The summed E-state index contributed by atoms with van der Waals surface area (Å²) in [6.07, 6.45) is 0. The Morgan fingerprint density at radius 2 is 1.77 bits per heavy atom. The lowest BCUT2D eigenvalue weighted by Crippen LogP contribution is -2.32. The van der Waals surface area contributed by atoms with Crippen LogP contribution in [0.25, 0.3) is 0 Å². The number of hydrogen-bond donors (Lipinski definition) is 1. The molecule has 0 atom stereocenters. The van der Waals surface area contributed by atoms with Crippen molar-refractivity contribution in [3.63, 3.8) is 0 Å². The molecule has 0 aliphatic rings. The minimum atomic E-state index is -0.877. The van der Waals surface area contributed by atoms with Crippen LogP contribution in [0.4, 0.5) is 0 Å². The fraction of sp³-hybridized carbons (Fsp3) is 0.750. The normalized spacial score (nSPS) is 9.69. The van der Waals surface area contributed by atoms with Crippen LogP contribution >= 0.6 is 11.8 Å². The molecule has 76 valence electrons. The molecule has 0 aliphatic carbocycles. The zero-order valence-corrected chi connectivity index (χ0v) is 8.76. The van der Waals surface area contributed by atoms with Gasteiger partial charge in [0.2, 0.25) is 5.91 Å². The molecule has 0 bridgehead atoms. The number of rotatable bonds is 6. The average Bonchev–Trinajstić information content (AvgIpc) is 2.05. The van der Waals surface area contributed by atoms with Crippen molar-refractivity contribution in [3.05, 3.63) is 0 Å². The smallest absolute Gasteiger partial charge is 0.313 e. The summed E-state index contributed by atoms with van der Waals surface area (Å²) in [5.74, 6) is -0.616. The molecule has 5 heteroatoms. The first kappa shape index (κ1) is 12.3. The van der Waals surface area contributed by atoms with E-state index < -0.39 is 5.97 Å². The number of aliphatic carboxylic acids is 1. The minimum Gasteiger partial charge on any atom is -0.481 e. The summed E-state index contributed by atoms with van der Waals surface area (Å²) in [6, 6.07) is 0. The van der Waals surface area contributed by atoms with Gasteiger partial charge in [0.05, 0.1) is 11.5 Å². The van der Waals surface area contributed by atoms with E-state index >= 15 is 0 Å². The highest BCUT2D eigenvalue weighted by molar-refractivity contribution is 8.00. The Hall–Kier alpha value is -0.710. The zero-order valence-electron chi connectivity index (χ0n) is 7.95. The Labute approximate surface area is 82.3 Å². The molecule has 0 saturated heterocycles. The minimum absolute atomic E-state index is 0.00694. The van der Waals surface area contributed by atoms with E-state index in [0.29, 0.717) is 13.1 Å². The van der Waals surface area contributed by atoms with Crippen LogP contribution in [-0.2, 0) is 9.59 Å². The van der Waals surface area contributed by atoms with Gasteiger partial charge >= 0.3 is 5.97 Å². The third kappa shape index (κ3) is 5.52. The van der Waals surface area contributed by atoms with E-state index in [1.54, 1.807) is 4.90 Å². The first-order valence-corrected chi connectivity index (χ1v) is 5.34. The third-order valence-corrected chi connectivity index (χ3v) is 2.47. The van der Waals surface area contributed by atoms with Crippen molar-refractivity contribution >= 4 is 23.6 Å². The largest absolute Gasteiger partial charge is 0.481 e. The molecule has 0 rings (SSSR count). The predicted octanol–water partition coefficient (Wildman–Crippen LogP) is 0.673. The summed E-state index contributed by atoms with van der Waals surface area (Å²) < 4.78 is 0. The summed E-state index contributed by atoms with van der Waals surface area (Å²) in [6.45, 7) is 5.18. The summed E-state index contributed by atoms with van der Waals surface area (Å²) >= 11 is 1.14. The maximum atomic E-state index is 11.3. The molecule has 0 aromatic rings. The van der Waals surface area contributed by atoms with Crippen LogP contribution in [0.15, 0.2) is 0 Å². The number of nitrogens with zero attached hydrogens (tertiary/aromatic N) is 1. The van der Waals surface area contributed by atoms with Crippen LogP contribution in [0.5, 0.6) is 0 Å². The fourth-order valence-electron chi connectivity index (χ4n) is 0.893. The van der Waals surface area contributed by atoms with Crippen molar-refractivity contribution in [2.75, 3.05) is 24.6 Å². The van der Waals surface area contributed by atoms with Gasteiger partial charge in [-0.2, -0.15) is 0 Å². The molecule has 13 heavy (non-hydrogen) atoms. The van der Waals surface area contributed by atoms with Crippen LogP contribution in [0.3, 0.4) is 0 Å². The van der Waals surface area contributed by atoms with Crippen LogP contribution in [0.1, 0.15) is 13.8 Å². The summed E-state index contributed by atoms with van der Waals surface area (Å²) in [4.78, 5) is 23.1. The molecule has 1 N–H and O–H groups in total. The lowest BCUT2D eigenvalue weighted by molar-refractivity contribution is -0.133. The number of carboxylic acids is 1. The Morgan fingerprint density at radius 3 is 2.15 bits per heavy atom. The van der Waals surface area contributed by atoms with Gasteiger partial charge in [-0.05, 0) is 13.8 Å². The Bertz CT molecular complexity index is 180. The molecular formula is C8H15NO3S. The lowest BCUT2D eigenvalue weighted by atomic mass is 10.5. The molecular weight excluding hydrogens is 190 g/mol. The van der Waals surface area contributed by atoms with Gasteiger partial charge in [0.25, 0.3) is 0 Å². The Kier molecular flexibility index (Phi) is 6.40. The van der Waals surface area contributed by atoms with Crippen LogP contribution in [0, 0.1) is 0 Å². The summed E-state index contributed by atoms with van der Waals surface area (Å²) in [7, 11) is 0. The van der Waals surface area contributed by atoms with E-state index in [1.807, 2.05) is 13.8 Å². The Morgan fingerprint density at radius 1 is 1.23 bits per heavy atom. The second kappa shape index (κ2) is 6.77. The van der Waals surface area contributed by atoms with Gasteiger partial charge in [0.15, 0.2) is 0 Å². The van der Waals surface area contributed by atoms with Crippen LogP contribution in [-0.4, -0.2) is 46.5 Å². The number of carbonyl (C=O) groups is 2.